The predicted molar refractivity (Wildman–Crippen MR) is 80.2 cm³/mol. The van der Waals surface area contributed by atoms with Crippen LogP contribution in [0.25, 0.3) is 0 Å². The van der Waals surface area contributed by atoms with Gasteiger partial charge in [0.25, 0.3) is 0 Å². The lowest BCUT2D eigenvalue weighted by atomic mass is 9.99. The van der Waals surface area contributed by atoms with Gasteiger partial charge in [-0.1, -0.05) is 59.8 Å². The molecular formula is C17H18N2O. The summed E-state index contributed by atoms with van der Waals surface area (Å²) in [5.41, 5.74) is 4.52. The molecule has 0 aliphatic carbocycles. The van der Waals surface area contributed by atoms with E-state index in [1.54, 1.807) is 0 Å². The normalized spacial score (nSPS) is 15.9. The van der Waals surface area contributed by atoms with Gasteiger partial charge >= 0.3 is 0 Å². The fourth-order valence-corrected chi connectivity index (χ4v) is 2.71. The molecule has 3 rings (SSSR count). The summed E-state index contributed by atoms with van der Waals surface area (Å²) < 4.78 is 0. The Kier molecular flexibility index (Phi) is 3.79. The molecule has 0 bridgehead atoms. The summed E-state index contributed by atoms with van der Waals surface area (Å²) in [6.45, 7) is 2.60. The maximum atomic E-state index is 9.27. The summed E-state index contributed by atoms with van der Waals surface area (Å²) in [6.07, 6.45) is 1.06. The van der Waals surface area contributed by atoms with Crippen LogP contribution in [0.15, 0.2) is 59.8 Å². The highest BCUT2D eigenvalue weighted by Crippen LogP contribution is 2.18. The average Bonchev–Trinajstić information content (AvgIpc) is 2.53. The van der Waals surface area contributed by atoms with Crippen molar-refractivity contribution in [2.75, 3.05) is 13.1 Å². The molecule has 1 heterocycles. The quantitative estimate of drug-likeness (QED) is 0.527. The number of benzene rings is 2. The topological polar surface area (TPSA) is 35.8 Å². The highest BCUT2D eigenvalue weighted by atomic mass is 16.4. The second-order valence-electron chi connectivity index (χ2n) is 5.14. The molecule has 0 radical (unpaired) electrons. The summed E-state index contributed by atoms with van der Waals surface area (Å²) in [6, 6.07) is 18.4. The largest absolute Gasteiger partial charge is 0.411 e. The summed E-state index contributed by atoms with van der Waals surface area (Å²) >= 11 is 0. The van der Waals surface area contributed by atoms with Gasteiger partial charge in [0.1, 0.15) is 5.71 Å². The Morgan fingerprint density at radius 1 is 1.00 bits per heavy atom. The molecule has 3 nitrogen and oxygen atoms in total. The first-order valence-corrected chi connectivity index (χ1v) is 6.92. The lowest BCUT2D eigenvalue weighted by molar-refractivity contribution is 0.278. The minimum absolute atomic E-state index is 0.675. The number of fused-ring (bicyclic) bond motifs is 1. The van der Waals surface area contributed by atoms with Crippen molar-refractivity contribution in [3.05, 3.63) is 71.3 Å². The minimum Gasteiger partial charge on any atom is -0.411 e. The smallest absolute Gasteiger partial charge is 0.101 e. The molecule has 0 atom stereocenters. The van der Waals surface area contributed by atoms with Crippen LogP contribution in [-0.4, -0.2) is 28.9 Å². The van der Waals surface area contributed by atoms with E-state index in [0.29, 0.717) is 6.54 Å². The summed E-state index contributed by atoms with van der Waals surface area (Å²) in [5.74, 6) is 0. The Morgan fingerprint density at radius 3 is 2.45 bits per heavy atom. The van der Waals surface area contributed by atoms with E-state index in [0.717, 1.165) is 30.8 Å². The molecule has 2 aromatic rings. The molecule has 1 aliphatic heterocycles. The molecule has 0 aromatic heterocycles. The van der Waals surface area contributed by atoms with Gasteiger partial charge in [0.2, 0.25) is 0 Å². The van der Waals surface area contributed by atoms with Crippen molar-refractivity contribution in [1.29, 1.82) is 0 Å². The monoisotopic (exact) mass is 266 g/mol. The average molecular weight is 266 g/mol. The number of hydrogen-bond acceptors (Lipinski definition) is 3. The van der Waals surface area contributed by atoms with Gasteiger partial charge in [-0.05, 0) is 17.5 Å². The molecule has 0 spiro atoms. The summed E-state index contributed by atoms with van der Waals surface area (Å²) in [7, 11) is 0. The van der Waals surface area contributed by atoms with Crippen molar-refractivity contribution in [2.45, 2.75) is 13.0 Å². The number of hydrogen-bond donors (Lipinski definition) is 1. The van der Waals surface area contributed by atoms with Crippen LogP contribution in [0, 0.1) is 0 Å². The SMILES string of the molecule is O/N=C(/CN1CCc2ccccc2C1)c1ccccc1. The van der Waals surface area contributed by atoms with Crippen LogP contribution in [0.5, 0.6) is 0 Å². The zero-order valence-corrected chi connectivity index (χ0v) is 11.4. The molecule has 0 unspecified atom stereocenters. The molecule has 2 aromatic carbocycles. The lowest BCUT2D eigenvalue weighted by Crippen LogP contribution is -2.35. The number of rotatable bonds is 3. The van der Waals surface area contributed by atoms with E-state index in [9.17, 15) is 5.21 Å². The van der Waals surface area contributed by atoms with E-state index < -0.39 is 0 Å². The Labute approximate surface area is 119 Å². The van der Waals surface area contributed by atoms with E-state index in [4.69, 9.17) is 0 Å². The zero-order chi connectivity index (χ0) is 13.8. The van der Waals surface area contributed by atoms with Crippen LogP contribution in [-0.2, 0) is 13.0 Å². The first-order valence-electron chi connectivity index (χ1n) is 6.92. The molecule has 0 saturated heterocycles. The zero-order valence-electron chi connectivity index (χ0n) is 11.4. The minimum atomic E-state index is 0.675. The molecule has 0 amide bonds. The van der Waals surface area contributed by atoms with Gasteiger partial charge in [0.05, 0.1) is 0 Å². The molecule has 0 fully saturated rings. The molecule has 20 heavy (non-hydrogen) atoms. The number of oxime groups is 1. The van der Waals surface area contributed by atoms with Crippen molar-refractivity contribution in [2.24, 2.45) is 5.16 Å². The van der Waals surface area contributed by atoms with Crippen molar-refractivity contribution in [3.63, 3.8) is 0 Å². The third-order valence-electron chi connectivity index (χ3n) is 3.81. The van der Waals surface area contributed by atoms with Gasteiger partial charge in [-0.25, -0.2) is 0 Å². The molecule has 0 saturated carbocycles. The van der Waals surface area contributed by atoms with Gasteiger partial charge in [0, 0.05) is 25.2 Å². The van der Waals surface area contributed by atoms with E-state index in [1.165, 1.54) is 11.1 Å². The van der Waals surface area contributed by atoms with Crippen molar-refractivity contribution >= 4 is 5.71 Å². The van der Waals surface area contributed by atoms with E-state index in [-0.39, 0.29) is 0 Å². The highest BCUT2D eigenvalue weighted by Gasteiger charge is 2.17. The Bertz CT molecular complexity index is 607. The summed E-state index contributed by atoms with van der Waals surface area (Å²) in [4.78, 5) is 2.32. The van der Waals surface area contributed by atoms with Crippen molar-refractivity contribution in [1.82, 2.24) is 4.90 Å². The first-order chi connectivity index (χ1) is 9.86. The fraction of sp³-hybridized carbons (Fsp3) is 0.235. The van der Waals surface area contributed by atoms with Crippen LogP contribution >= 0.6 is 0 Å². The van der Waals surface area contributed by atoms with Gasteiger partial charge < -0.3 is 5.21 Å². The van der Waals surface area contributed by atoms with Crippen LogP contribution < -0.4 is 0 Å². The van der Waals surface area contributed by atoms with E-state index in [2.05, 4.69) is 34.3 Å². The fourth-order valence-electron chi connectivity index (χ4n) is 2.71. The third-order valence-corrected chi connectivity index (χ3v) is 3.81. The maximum Gasteiger partial charge on any atom is 0.101 e. The Hall–Kier alpha value is -2.13. The van der Waals surface area contributed by atoms with Crippen LogP contribution in [0.1, 0.15) is 16.7 Å². The standard InChI is InChI=1S/C17H18N2O/c20-18-17(15-7-2-1-3-8-15)13-19-11-10-14-6-4-5-9-16(14)12-19/h1-9,20H,10-13H2/b18-17-. The number of nitrogens with zero attached hydrogens (tertiary/aromatic N) is 2. The molecule has 3 heteroatoms. The second kappa shape index (κ2) is 5.88. The predicted octanol–water partition coefficient (Wildman–Crippen LogP) is 2.92. The van der Waals surface area contributed by atoms with Gasteiger partial charge in [-0.2, -0.15) is 0 Å². The Balaban J connectivity index is 1.73. The van der Waals surface area contributed by atoms with Crippen LogP contribution in [0.3, 0.4) is 0 Å². The van der Waals surface area contributed by atoms with Crippen molar-refractivity contribution < 1.29 is 5.21 Å². The highest BCUT2D eigenvalue weighted by molar-refractivity contribution is 6.01. The van der Waals surface area contributed by atoms with E-state index in [1.807, 2.05) is 30.3 Å². The first kappa shape index (κ1) is 12.9. The van der Waals surface area contributed by atoms with Crippen molar-refractivity contribution in [3.8, 4) is 0 Å². The van der Waals surface area contributed by atoms with Crippen LogP contribution in [0.2, 0.25) is 0 Å². The third kappa shape index (κ3) is 2.73. The molecule has 1 N–H and O–H groups in total. The maximum absolute atomic E-state index is 9.27. The van der Waals surface area contributed by atoms with Gasteiger partial charge in [-0.3, -0.25) is 4.90 Å². The summed E-state index contributed by atoms with van der Waals surface area (Å²) in [5, 5.41) is 12.8. The lowest BCUT2D eigenvalue weighted by Gasteiger charge is -2.28. The van der Waals surface area contributed by atoms with Gasteiger partial charge in [-0.15, -0.1) is 0 Å². The van der Waals surface area contributed by atoms with Gasteiger partial charge in [0.15, 0.2) is 0 Å². The van der Waals surface area contributed by atoms with Crippen LogP contribution in [0.4, 0.5) is 0 Å². The second-order valence-corrected chi connectivity index (χ2v) is 5.14. The Morgan fingerprint density at radius 2 is 1.70 bits per heavy atom. The molecular weight excluding hydrogens is 248 g/mol. The molecule has 1 aliphatic rings. The molecule has 102 valence electrons. The van der Waals surface area contributed by atoms with E-state index >= 15 is 0 Å².